The van der Waals surface area contributed by atoms with Crippen molar-refractivity contribution in [2.24, 2.45) is 0 Å². The van der Waals surface area contributed by atoms with Gasteiger partial charge in [-0.05, 0) is 40.8 Å². The van der Waals surface area contributed by atoms with E-state index in [1.807, 2.05) is 0 Å². The van der Waals surface area contributed by atoms with Crippen molar-refractivity contribution in [2.45, 2.75) is 58.0 Å². The SMILES string of the molecule is CCC(COC(C)=O)c1ccc(CCC(C)(C)P)c(P)c1. The molecule has 0 saturated carbocycles. The van der Waals surface area contributed by atoms with Crippen LogP contribution in [0.25, 0.3) is 0 Å². The summed E-state index contributed by atoms with van der Waals surface area (Å²) in [6, 6.07) is 6.61. The third-order valence-corrected chi connectivity index (χ3v) is 4.49. The van der Waals surface area contributed by atoms with E-state index in [2.05, 4.69) is 57.4 Å². The minimum Gasteiger partial charge on any atom is -0.465 e. The molecule has 0 spiro atoms. The van der Waals surface area contributed by atoms with Crippen molar-refractivity contribution in [3.63, 3.8) is 0 Å². The Morgan fingerprint density at radius 2 is 2.05 bits per heavy atom. The van der Waals surface area contributed by atoms with Gasteiger partial charge in [0, 0.05) is 12.8 Å². The van der Waals surface area contributed by atoms with Crippen LogP contribution in [0.3, 0.4) is 0 Å². The second kappa shape index (κ2) is 8.25. The van der Waals surface area contributed by atoms with E-state index in [9.17, 15) is 4.79 Å². The summed E-state index contributed by atoms with van der Waals surface area (Å²) in [5.74, 6) is 0.0688. The largest absolute Gasteiger partial charge is 0.465 e. The van der Waals surface area contributed by atoms with E-state index >= 15 is 0 Å². The molecule has 2 nitrogen and oxygen atoms in total. The van der Waals surface area contributed by atoms with Crippen molar-refractivity contribution in [2.75, 3.05) is 6.61 Å². The van der Waals surface area contributed by atoms with Crippen molar-refractivity contribution >= 4 is 29.8 Å². The summed E-state index contributed by atoms with van der Waals surface area (Å²) in [5.41, 5.74) is 2.62. The van der Waals surface area contributed by atoms with E-state index in [1.165, 1.54) is 23.4 Å². The molecule has 0 aliphatic rings. The first kappa shape index (κ1) is 18.6. The molecule has 0 fully saturated rings. The van der Waals surface area contributed by atoms with Gasteiger partial charge in [0.25, 0.3) is 0 Å². The monoisotopic (exact) mass is 326 g/mol. The number of rotatable bonds is 7. The van der Waals surface area contributed by atoms with Gasteiger partial charge < -0.3 is 4.74 Å². The van der Waals surface area contributed by atoms with Gasteiger partial charge in [0.2, 0.25) is 0 Å². The van der Waals surface area contributed by atoms with Crippen molar-refractivity contribution in [1.29, 1.82) is 0 Å². The number of carbonyl (C=O) groups excluding carboxylic acids is 1. The van der Waals surface area contributed by atoms with Crippen molar-refractivity contribution in [3.8, 4) is 0 Å². The maximum Gasteiger partial charge on any atom is 0.302 e. The second-order valence-electron chi connectivity index (χ2n) is 6.35. The fourth-order valence-corrected chi connectivity index (χ4v) is 2.80. The summed E-state index contributed by atoms with van der Waals surface area (Å²) in [4.78, 5) is 11.0. The molecule has 1 aromatic rings. The van der Waals surface area contributed by atoms with Gasteiger partial charge in [0.05, 0.1) is 6.61 Å². The van der Waals surface area contributed by atoms with Crippen molar-refractivity contribution < 1.29 is 9.53 Å². The lowest BCUT2D eigenvalue weighted by Gasteiger charge is -2.20. The maximum absolute atomic E-state index is 11.0. The van der Waals surface area contributed by atoms with Crippen molar-refractivity contribution in [1.82, 2.24) is 0 Å². The molecule has 1 rings (SSSR count). The molecular weight excluding hydrogens is 298 g/mol. The Kier molecular flexibility index (Phi) is 7.31. The van der Waals surface area contributed by atoms with E-state index in [0.29, 0.717) is 6.61 Å². The first-order valence-corrected chi connectivity index (χ1v) is 8.69. The summed E-state index contributed by atoms with van der Waals surface area (Å²) in [6.07, 6.45) is 3.19. The predicted molar refractivity (Wildman–Crippen MR) is 97.6 cm³/mol. The normalized spacial score (nSPS) is 13.0. The molecule has 0 amide bonds. The minimum atomic E-state index is -0.209. The molecule has 1 aromatic carbocycles. The molecule has 3 atom stereocenters. The fourth-order valence-electron chi connectivity index (χ4n) is 2.22. The van der Waals surface area contributed by atoms with Crippen LogP contribution >= 0.6 is 18.5 Å². The Labute approximate surface area is 133 Å². The molecule has 0 aliphatic heterocycles. The molecule has 4 heteroatoms. The Morgan fingerprint density at radius 1 is 1.38 bits per heavy atom. The highest BCUT2D eigenvalue weighted by Gasteiger charge is 2.14. The Hall–Kier alpha value is -0.450. The number of ether oxygens (including phenoxy) is 1. The van der Waals surface area contributed by atoms with Gasteiger partial charge >= 0.3 is 5.97 Å². The van der Waals surface area contributed by atoms with Gasteiger partial charge in [-0.15, -0.1) is 18.5 Å². The number of esters is 1. The topological polar surface area (TPSA) is 26.3 Å². The van der Waals surface area contributed by atoms with Crippen LogP contribution in [0.4, 0.5) is 0 Å². The number of carbonyl (C=O) groups is 1. The molecule has 0 radical (unpaired) electrons. The highest BCUT2D eigenvalue weighted by Crippen LogP contribution is 2.25. The van der Waals surface area contributed by atoms with Crippen LogP contribution in [0.2, 0.25) is 0 Å². The molecule has 0 bridgehead atoms. The molecular formula is C17H28O2P2. The first-order chi connectivity index (χ1) is 9.73. The molecule has 0 N–H and O–H groups in total. The Balaban J connectivity index is 2.77. The van der Waals surface area contributed by atoms with Gasteiger partial charge in [0.1, 0.15) is 0 Å². The number of hydrogen-bond donors (Lipinski definition) is 0. The highest BCUT2D eigenvalue weighted by molar-refractivity contribution is 7.27. The van der Waals surface area contributed by atoms with E-state index < -0.39 is 0 Å². The lowest BCUT2D eigenvalue weighted by atomic mass is 9.94. The smallest absolute Gasteiger partial charge is 0.302 e. The second-order valence-corrected chi connectivity index (χ2v) is 8.54. The van der Waals surface area contributed by atoms with Crippen LogP contribution in [0, 0.1) is 0 Å². The number of hydrogen-bond acceptors (Lipinski definition) is 2. The maximum atomic E-state index is 11.0. The molecule has 0 aromatic heterocycles. The van der Waals surface area contributed by atoms with E-state index in [4.69, 9.17) is 4.74 Å². The summed E-state index contributed by atoms with van der Waals surface area (Å²) in [5, 5.41) is 1.53. The Morgan fingerprint density at radius 3 is 2.52 bits per heavy atom. The van der Waals surface area contributed by atoms with Crippen LogP contribution in [0.15, 0.2) is 18.2 Å². The molecule has 118 valence electrons. The lowest BCUT2D eigenvalue weighted by Crippen LogP contribution is -2.15. The summed E-state index contributed by atoms with van der Waals surface area (Å²) in [6.45, 7) is 8.53. The van der Waals surface area contributed by atoms with Gasteiger partial charge in [-0.3, -0.25) is 4.79 Å². The third kappa shape index (κ3) is 6.90. The molecule has 0 saturated heterocycles. The van der Waals surface area contributed by atoms with Gasteiger partial charge in [-0.2, -0.15) is 0 Å². The van der Waals surface area contributed by atoms with Gasteiger partial charge in [-0.25, -0.2) is 0 Å². The summed E-state index contributed by atoms with van der Waals surface area (Å²) >= 11 is 0. The van der Waals surface area contributed by atoms with Crippen LogP contribution < -0.4 is 5.30 Å². The molecule has 0 heterocycles. The standard InChI is InChI=1S/C17H28O2P2/c1-5-13(11-19-12(2)18)15-7-6-14(16(20)10-15)8-9-17(3,4)21/h6-7,10,13H,5,8-9,11,20-21H2,1-4H3. The lowest BCUT2D eigenvalue weighted by molar-refractivity contribution is -0.141. The fraction of sp³-hybridized carbons (Fsp3) is 0.588. The van der Waals surface area contributed by atoms with E-state index in [1.54, 1.807) is 0 Å². The van der Waals surface area contributed by atoms with Crippen molar-refractivity contribution in [3.05, 3.63) is 29.3 Å². The quantitative estimate of drug-likeness (QED) is 0.562. The van der Waals surface area contributed by atoms with Gasteiger partial charge in [0.15, 0.2) is 0 Å². The zero-order chi connectivity index (χ0) is 16.0. The van der Waals surface area contributed by atoms with E-state index in [0.717, 1.165) is 19.3 Å². The number of benzene rings is 1. The highest BCUT2D eigenvalue weighted by atomic mass is 31.0. The average Bonchev–Trinajstić information content (AvgIpc) is 2.37. The molecule has 0 aliphatic carbocycles. The summed E-state index contributed by atoms with van der Waals surface area (Å²) < 4.78 is 5.16. The molecule has 21 heavy (non-hydrogen) atoms. The Bertz CT molecular complexity index is 478. The predicted octanol–water partition coefficient (Wildman–Crippen LogP) is 3.83. The van der Waals surface area contributed by atoms with E-state index in [-0.39, 0.29) is 17.0 Å². The zero-order valence-electron chi connectivity index (χ0n) is 13.6. The van der Waals surface area contributed by atoms with Crippen LogP contribution in [0.5, 0.6) is 0 Å². The van der Waals surface area contributed by atoms with Gasteiger partial charge in [-0.1, -0.05) is 39.0 Å². The van der Waals surface area contributed by atoms with Crippen LogP contribution in [-0.2, 0) is 16.0 Å². The minimum absolute atomic E-state index is 0.209. The zero-order valence-corrected chi connectivity index (χ0v) is 15.9. The first-order valence-electron chi connectivity index (χ1n) is 7.53. The summed E-state index contributed by atoms with van der Waals surface area (Å²) in [7, 11) is 5.74. The van der Waals surface area contributed by atoms with Crippen LogP contribution in [0.1, 0.15) is 57.6 Å². The molecule has 3 unspecified atom stereocenters. The average molecular weight is 326 g/mol. The number of aryl methyl sites for hydroxylation is 1. The van der Waals surface area contributed by atoms with Crippen LogP contribution in [-0.4, -0.2) is 17.7 Å². The third-order valence-electron chi connectivity index (χ3n) is 3.66.